The largest absolute Gasteiger partial charge is 0.494 e. The predicted molar refractivity (Wildman–Crippen MR) is 69.2 cm³/mol. The number of hydrogen-bond acceptors (Lipinski definition) is 3. The van der Waals surface area contributed by atoms with Gasteiger partial charge in [0.05, 0.1) is 24.2 Å². The summed E-state index contributed by atoms with van der Waals surface area (Å²) in [6, 6.07) is 8.10. The summed E-state index contributed by atoms with van der Waals surface area (Å²) < 4.78 is 5.67. The number of rotatable bonds is 4. The molecule has 0 saturated heterocycles. The third-order valence-corrected chi connectivity index (χ3v) is 3.46. The first-order valence-corrected chi connectivity index (χ1v) is 6.37. The van der Waals surface area contributed by atoms with Gasteiger partial charge >= 0.3 is 0 Å². The van der Waals surface area contributed by atoms with Crippen LogP contribution < -0.4 is 4.74 Å². The quantitative estimate of drug-likeness (QED) is 0.887. The number of aliphatic hydroxyl groups is 1. The van der Waals surface area contributed by atoms with Gasteiger partial charge in [0.2, 0.25) is 0 Å². The second-order valence-corrected chi connectivity index (χ2v) is 5.51. The first-order chi connectivity index (χ1) is 8.52. The van der Waals surface area contributed by atoms with Crippen molar-refractivity contribution >= 4 is 0 Å². The van der Waals surface area contributed by atoms with Gasteiger partial charge in [-0.15, -0.1) is 0 Å². The Kier molecular flexibility index (Phi) is 3.58. The van der Waals surface area contributed by atoms with E-state index in [1.54, 1.807) is 0 Å². The molecule has 1 atom stereocenters. The van der Waals surface area contributed by atoms with E-state index in [1.165, 1.54) is 5.56 Å². The van der Waals surface area contributed by atoms with Crippen LogP contribution in [0.5, 0.6) is 5.75 Å². The average molecular weight is 245 g/mol. The van der Waals surface area contributed by atoms with Crippen LogP contribution in [0.2, 0.25) is 0 Å². The van der Waals surface area contributed by atoms with Crippen molar-refractivity contribution in [3.63, 3.8) is 0 Å². The standard InChI is InChI=1S/C15H19NO2/c1-15(2,10-16)7-8-18-12-4-5-13-11(9-12)3-6-14(13)17/h4-5,9,14,17H,3,6-8H2,1-2H3/t14-/m0/s1. The normalized spacial score (nSPS) is 18.2. The summed E-state index contributed by atoms with van der Waals surface area (Å²) in [6.07, 6.45) is 2.12. The smallest absolute Gasteiger partial charge is 0.119 e. The molecule has 1 aromatic carbocycles. The summed E-state index contributed by atoms with van der Waals surface area (Å²) >= 11 is 0. The number of nitrogens with zero attached hydrogens (tertiary/aromatic N) is 1. The maximum absolute atomic E-state index is 9.71. The molecule has 1 N–H and O–H groups in total. The summed E-state index contributed by atoms with van der Waals surface area (Å²) in [5.41, 5.74) is 1.87. The van der Waals surface area contributed by atoms with Crippen molar-refractivity contribution in [1.29, 1.82) is 5.26 Å². The Bertz CT molecular complexity index is 474. The molecule has 2 rings (SSSR count). The lowest BCUT2D eigenvalue weighted by molar-refractivity contribution is 0.180. The van der Waals surface area contributed by atoms with Crippen molar-refractivity contribution in [3.8, 4) is 11.8 Å². The molecule has 0 aromatic heterocycles. The van der Waals surface area contributed by atoms with Crippen molar-refractivity contribution in [1.82, 2.24) is 0 Å². The van der Waals surface area contributed by atoms with Gasteiger partial charge < -0.3 is 9.84 Å². The van der Waals surface area contributed by atoms with Gasteiger partial charge in [0.15, 0.2) is 0 Å². The molecule has 0 radical (unpaired) electrons. The Balaban J connectivity index is 1.94. The molecule has 3 nitrogen and oxygen atoms in total. The minimum absolute atomic E-state index is 0.313. The van der Waals surface area contributed by atoms with E-state index in [1.807, 2.05) is 32.0 Å². The van der Waals surface area contributed by atoms with E-state index in [9.17, 15) is 5.11 Å². The van der Waals surface area contributed by atoms with Gasteiger partial charge in [-0.05, 0) is 56.4 Å². The highest BCUT2D eigenvalue weighted by Gasteiger charge is 2.20. The lowest BCUT2D eigenvalue weighted by Gasteiger charge is -2.15. The van der Waals surface area contributed by atoms with Crippen LogP contribution in [0.1, 0.15) is 43.9 Å². The molecule has 1 aliphatic rings. The van der Waals surface area contributed by atoms with E-state index in [0.29, 0.717) is 13.0 Å². The summed E-state index contributed by atoms with van der Waals surface area (Å²) in [5, 5.41) is 18.6. The number of hydrogen-bond donors (Lipinski definition) is 1. The summed E-state index contributed by atoms with van der Waals surface area (Å²) in [7, 11) is 0. The van der Waals surface area contributed by atoms with Crippen molar-refractivity contribution in [2.45, 2.75) is 39.2 Å². The lowest BCUT2D eigenvalue weighted by Crippen LogP contribution is -2.13. The van der Waals surface area contributed by atoms with E-state index in [2.05, 4.69) is 6.07 Å². The Morgan fingerprint density at radius 1 is 1.50 bits per heavy atom. The molecule has 0 fully saturated rings. The monoisotopic (exact) mass is 245 g/mol. The van der Waals surface area contributed by atoms with Crippen LogP contribution in [0.25, 0.3) is 0 Å². The van der Waals surface area contributed by atoms with E-state index < -0.39 is 0 Å². The Morgan fingerprint density at radius 3 is 3.00 bits per heavy atom. The zero-order valence-corrected chi connectivity index (χ0v) is 10.9. The maximum Gasteiger partial charge on any atom is 0.119 e. The molecule has 1 aromatic rings. The molecule has 0 bridgehead atoms. The second kappa shape index (κ2) is 4.99. The van der Waals surface area contributed by atoms with E-state index in [4.69, 9.17) is 10.00 Å². The fourth-order valence-corrected chi connectivity index (χ4v) is 2.14. The third kappa shape index (κ3) is 2.83. The highest BCUT2D eigenvalue weighted by molar-refractivity contribution is 5.39. The average Bonchev–Trinajstić information content (AvgIpc) is 2.71. The first-order valence-electron chi connectivity index (χ1n) is 6.37. The number of aryl methyl sites for hydroxylation is 1. The number of nitriles is 1. The highest BCUT2D eigenvalue weighted by atomic mass is 16.5. The topological polar surface area (TPSA) is 53.2 Å². The fraction of sp³-hybridized carbons (Fsp3) is 0.533. The van der Waals surface area contributed by atoms with Crippen LogP contribution >= 0.6 is 0 Å². The van der Waals surface area contributed by atoms with Gasteiger partial charge in [-0.1, -0.05) is 6.07 Å². The summed E-state index contributed by atoms with van der Waals surface area (Å²) in [6.45, 7) is 4.37. The molecule has 0 aliphatic heterocycles. The number of benzene rings is 1. The maximum atomic E-state index is 9.71. The van der Waals surface area contributed by atoms with Gasteiger partial charge in [-0.3, -0.25) is 0 Å². The van der Waals surface area contributed by atoms with E-state index in [0.717, 1.165) is 24.2 Å². The molecular weight excluding hydrogens is 226 g/mol. The minimum atomic E-state index is -0.340. The van der Waals surface area contributed by atoms with E-state index >= 15 is 0 Å². The van der Waals surface area contributed by atoms with E-state index in [-0.39, 0.29) is 11.5 Å². The Morgan fingerprint density at radius 2 is 2.28 bits per heavy atom. The molecule has 0 amide bonds. The van der Waals surface area contributed by atoms with Crippen molar-refractivity contribution in [2.24, 2.45) is 5.41 Å². The summed E-state index contributed by atoms with van der Waals surface area (Å²) in [4.78, 5) is 0. The SMILES string of the molecule is CC(C)(C#N)CCOc1ccc2c(c1)CC[C@@H]2O. The van der Waals surface area contributed by atoms with Crippen LogP contribution in [0.4, 0.5) is 0 Å². The van der Waals surface area contributed by atoms with Gasteiger partial charge in [0.1, 0.15) is 5.75 Å². The fourth-order valence-electron chi connectivity index (χ4n) is 2.14. The van der Waals surface area contributed by atoms with Crippen LogP contribution in [0, 0.1) is 16.7 Å². The van der Waals surface area contributed by atoms with Crippen molar-refractivity contribution < 1.29 is 9.84 Å². The number of ether oxygens (including phenoxy) is 1. The molecular formula is C15H19NO2. The van der Waals surface area contributed by atoms with Crippen LogP contribution in [0.15, 0.2) is 18.2 Å². The second-order valence-electron chi connectivity index (χ2n) is 5.51. The van der Waals surface area contributed by atoms with Gasteiger partial charge in [0, 0.05) is 0 Å². The predicted octanol–water partition coefficient (Wildman–Crippen LogP) is 2.98. The molecule has 3 heteroatoms. The van der Waals surface area contributed by atoms with Crippen molar-refractivity contribution in [2.75, 3.05) is 6.61 Å². The Hall–Kier alpha value is -1.53. The molecule has 0 unspecified atom stereocenters. The summed E-state index contributed by atoms with van der Waals surface area (Å²) in [5.74, 6) is 0.830. The van der Waals surface area contributed by atoms with Gasteiger partial charge in [-0.25, -0.2) is 0 Å². The van der Waals surface area contributed by atoms with Gasteiger partial charge in [-0.2, -0.15) is 5.26 Å². The number of fused-ring (bicyclic) bond motifs is 1. The van der Waals surface area contributed by atoms with Crippen molar-refractivity contribution in [3.05, 3.63) is 29.3 Å². The first kappa shape index (κ1) is 12.9. The molecule has 18 heavy (non-hydrogen) atoms. The van der Waals surface area contributed by atoms with Crippen LogP contribution in [0.3, 0.4) is 0 Å². The zero-order valence-electron chi connectivity index (χ0n) is 10.9. The highest BCUT2D eigenvalue weighted by Crippen LogP contribution is 2.33. The van der Waals surface area contributed by atoms with Crippen LogP contribution in [-0.4, -0.2) is 11.7 Å². The Labute approximate surface area is 108 Å². The molecule has 0 heterocycles. The third-order valence-electron chi connectivity index (χ3n) is 3.46. The van der Waals surface area contributed by atoms with Crippen LogP contribution in [-0.2, 0) is 6.42 Å². The molecule has 0 saturated carbocycles. The molecule has 96 valence electrons. The minimum Gasteiger partial charge on any atom is -0.494 e. The number of aliphatic hydroxyl groups excluding tert-OH is 1. The van der Waals surface area contributed by atoms with Gasteiger partial charge in [0.25, 0.3) is 0 Å². The zero-order chi connectivity index (χ0) is 13.2. The molecule has 1 aliphatic carbocycles. The lowest BCUT2D eigenvalue weighted by atomic mass is 9.92. The molecule has 0 spiro atoms.